The molecule has 6 nitrogen and oxygen atoms in total. The minimum Gasteiger partial charge on any atom is -0.481 e. The maximum atomic E-state index is 12.5. The predicted octanol–water partition coefficient (Wildman–Crippen LogP) is 2.27. The number of carbonyl (C=O) groups is 2. The Kier molecular flexibility index (Phi) is 4.97. The summed E-state index contributed by atoms with van der Waals surface area (Å²) in [6, 6.07) is 9.35. The number of benzene rings is 1. The maximum Gasteiger partial charge on any atom is 0.305 e. The van der Waals surface area contributed by atoms with Crippen molar-refractivity contribution in [1.82, 2.24) is 4.90 Å². The molecule has 2 saturated heterocycles. The van der Waals surface area contributed by atoms with Gasteiger partial charge in [-0.25, -0.2) is 4.99 Å². The van der Waals surface area contributed by atoms with E-state index in [-0.39, 0.29) is 18.4 Å². The van der Waals surface area contributed by atoms with Crippen molar-refractivity contribution in [3.63, 3.8) is 0 Å². The number of hydrogen-bond acceptors (Lipinski definition) is 5. The number of carbonyl (C=O) groups excluding carboxylic acids is 1. The van der Waals surface area contributed by atoms with Gasteiger partial charge in [-0.3, -0.25) is 14.5 Å². The Balaban J connectivity index is 1.82. The Labute approximate surface area is 138 Å². The summed E-state index contributed by atoms with van der Waals surface area (Å²) in [5.41, 5.74) is 0.746. The van der Waals surface area contributed by atoms with Gasteiger partial charge in [0.25, 0.3) is 0 Å². The van der Waals surface area contributed by atoms with Crippen molar-refractivity contribution < 1.29 is 19.4 Å². The highest BCUT2D eigenvalue weighted by Crippen LogP contribution is 2.32. The fourth-order valence-electron chi connectivity index (χ4n) is 2.66. The largest absolute Gasteiger partial charge is 0.481 e. The molecule has 2 heterocycles. The minimum atomic E-state index is -0.978. The first-order valence-electron chi connectivity index (χ1n) is 7.58. The number of rotatable bonds is 5. The molecule has 2 aliphatic rings. The number of amides is 1. The standard InChI is InChI=1S/C16H18N2O4S/c19-14(20)9-13-15(21)18(10-12-7-4-8-22-12)16(23-13)17-11-5-2-1-3-6-11/h1-3,5-6,12-13H,4,7-10H2,(H,19,20)/t12-,13-/m0/s1. The second-order valence-corrected chi connectivity index (χ2v) is 6.69. The van der Waals surface area contributed by atoms with Gasteiger partial charge in [0.15, 0.2) is 5.17 Å². The van der Waals surface area contributed by atoms with Crippen LogP contribution in [0.3, 0.4) is 0 Å². The molecule has 0 saturated carbocycles. The molecule has 0 bridgehead atoms. The lowest BCUT2D eigenvalue weighted by atomic mass is 10.2. The lowest BCUT2D eigenvalue weighted by Gasteiger charge is -2.20. The molecule has 7 heteroatoms. The van der Waals surface area contributed by atoms with Crippen molar-refractivity contribution in [1.29, 1.82) is 0 Å². The number of thioether (sulfide) groups is 1. The van der Waals surface area contributed by atoms with Gasteiger partial charge < -0.3 is 9.84 Å². The topological polar surface area (TPSA) is 79.2 Å². The van der Waals surface area contributed by atoms with Crippen molar-refractivity contribution >= 4 is 34.5 Å². The van der Waals surface area contributed by atoms with Gasteiger partial charge >= 0.3 is 5.97 Å². The molecular weight excluding hydrogens is 316 g/mol. The third-order valence-electron chi connectivity index (χ3n) is 3.77. The fourth-order valence-corrected chi connectivity index (χ4v) is 3.81. The van der Waals surface area contributed by atoms with Gasteiger partial charge in [0.2, 0.25) is 5.91 Å². The molecule has 23 heavy (non-hydrogen) atoms. The van der Waals surface area contributed by atoms with Gasteiger partial charge in [0.05, 0.1) is 24.8 Å². The molecular formula is C16H18N2O4S. The minimum absolute atomic E-state index is 0.00380. The fraction of sp³-hybridized carbons (Fsp3) is 0.438. The summed E-state index contributed by atoms with van der Waals surface area (Å²) >= 11 is 1.22. The molecule has 1 amide bonds. The number of aliphatic carboxylic acids is 1. The van der Waals surface area contributed by atoms with Gasteiger partial charge in [-0.05, 0) is 25.0 Å². The number of aliphatic imine (C=N–C) groups is 1. The molecule has 0 radical (unpaired) electrons. The Morgan fingerprint density at radius 3 is 2.83 bits per heavy atom. The molecule has 122 valence electrons. The molecule has 0 spiro atoms. The van der Waals surface area contributed by atoms with Gasteiger partial charge in [-0.2, -0.15) is 0 Å². The normalized spacial score (nSPS) is 26.2. The summed E-state index contributed by atoms with van der Waals surface area (Å²) in [4.78, 5) is 29.6. The van der Waals surface area contributed by atoms with Crippen LogP contribution >= 0.6 is 11.8 Å². The van der Waals surface area contributed by atoms with Crippen LogP contribution in [0.15, 0.2) is 35.3 Å². The molecule has 2 atom stereocenters. The second-order valence-electron chi connectivity index (χ2n) is 5.52. The zero-order chi connectivity index (χ0) is 16.2. The number of amidine groups is 1. The summed E-state index contributed by atoms with van der Waals surface area (Å²) < 4.78 is 5.60. The van der Waals surface area contributed by atoms with Gasteiger partial charge in [-0.15, -0.1) is 0 Å². The van der Waals surface area contributed by atoms with Gasteiger partial charge in [-0.1, -0.05) is 30.0 Å². The Morgan fingerprint density at radius 1 is 1.39 bits per heavy atom. The van der Waals surface area contributed by atoms with E-state index in [2.05, 4.69) is 4.99 Å². The van der Waals surface area contributed by atoms with Crippen LogP contribution in [0.5, 0.6) is 0 Å². The van der Waals surface area contributed by atoms with Crippen LogP contribution in [0.4, 0.5) is 5.69 Å². The van der Waals surface area contributed by atoms with Gasteiger partial charge in [0, 0.05) is 6.61 Å². The van der Waals surface area contributed by atoms with Crippen LogP contribution in [0.25, 0.3) is 0 Å². The van der Waals surface area contributed by atoms with E-state index in [1.54, 1.807) is 4.90 Å². The van der Waals surface area contributed by atoms with Crippen LogP contribution in [-0.2, 0) is 14.3 Å². The Hall–Kier alpha value is -1.86. The zero-order valence-corrected chi connectivity index (χ0v) is 13.4. The zero-order valence-electron chi connectivity index (χ0n) is 12.6. The highest BCUT2D eigenvalue weighted by molar-refractivity contribution is 8.15. The van der Waals surface area contributed by atoms with Gasteiger partial charge in [0.1, 0.15) is 5.25 Å². The molecule has 0 unspecified atom stereocenters. The maximum absolute atomic E-state index is 12.5. The van der Waals surface area contributed by atoms with Crippen molar-refractivity contribution in [2.75, 3.05) is 13.2 Å². The third-order valence-corrected chi connectivity index (χ3v) is 4.95. The van der Waals surface area contributed by atoms with E-state index in [1.807, 2.05) is 30.3 Å². The van der Waals surface area contributed by atoms with Crippen LogP contribution < -0.4 is 0 Å². The van der Waals surface area contributed by atoms with E-state index < -0.39 is 11.2 Å². The van der Waals surface area contributed by atoms with E-state index in [1.165, 1.54) is 11.8 Å². The first-order chi connectivity index (χ1) is 11.1. The lowest BCUT2D eigenvalue weighted by Crippen LogP contribution is -2.38. The summed E-state index contributed by atoms with van der Waals surface area (Å²) in [5.74, 6) is -1.17. The Morgan fingerprint density at radius 2 is 2.17 bits per heavy atom. The highest BCUT2D eigenvalue weighted by atomic mass is 32.2. The monoisotopic (exact) mass is 334 g/mol. The summed E-state index contributed by atoms with van der Waals surface area (Å²) in [6.07, 6.45) is 1.71. The quantitative estimate of drug-likeness (QED) is 0.893. The molecule has 2 aliphatic heterocycles. The van der Waals surface area contributed by atoms with Crippen molar-refractivity contribution in [3.05, 3.63) is 30.3 Å². The lowest BCUT2D eigenvalue weighted by molar-refractivity contribution is -0.139. The van der Waals surface area contributed by atoms with E-state index in [9.17, 15) is 9.59 Å². The van der Waals surface area contributed by atoms with E-state index >= 15 is 0 Å². The summed E-state index contributed by atoms with van der Waals surface area (Å²) in [5, 5.41) is 8.93. The molecule has 0 aliphatic carbocycles. The smallest absolute Gasteiger partial charge is 0.305 e. The molecule has 1 N–H and O–H groups in total. The van der Waals surface area contributed by atoms with Crippen LogP contribution in [0, 0.1) is 0 Å². The van der Waals surface area contributed by atoms with Crippen LogP contribution in [0.1, 0.15) is 19.3 Å². The summed E-state index contributed by atoms with van der Waals surface area (Å²) in [7, 11) is 0. The molecule has 0 aromatic heterocycles. The van der Waals surface area contributed by atoms with E-state index in [0.717, 1.165) is 18.5 Å². The number of carboxylic acids is 1. The first-order valence-corrected chi connectivity index (χ1v) is 8.46. The predicted molar refractivity (Wildman–Crippen MR) is 87.9 cm³/mol. The number of para-hydroxylation sites is 1. The second kappa shape index (κ2) is 7.14. The molecule has 3 rings (SSSR count). The van der Waals surface area contributed by atoms with Crippen LogP contribution in [0.2, 0.25) is 0 Å². The SMILES string of the molecule is O=C(O)C[C@@H]1SC(=Nc2ccccc2)N(C[C@@H]2CCCO2)C1=O. The van der Waals surface area contributed by atoms with Crippen molar-refractivity contribution in [3.8, 4) is 0 Å². The van der Waals surface area contributed by atoms with E-state index in [4.69, 9.17) is 9.84 Å². The highest BCUT2D eigenvalue weighted by Gasteiger charge is 2.40. The Bertz CT molecular complexity index is 614. The number of ether oxygens (including phenoxy) is 1. The molecule has 1 aromatic carbocycles. The van der Waals surface area contributed by atoms with E-state index in [0.29, 0.717) is 18.3 Å². The van der Waals surface area contributed by atoms with Crippen molar-refractivity contribution in [2.45, 2.75) is 30.6 Å². The summed E-state index contributed by atoms with van der Waals surface area (Å²) in [6.45, 7) is 1.15. The first kappa shape index (κ1) is 16.0. The average Bonchev–Trinajstić information content (AvgIpc) is 3.13. The third kappa shape index (κ3) is 3.92. The molecule has 2 fully saturated rings. The average molecular weight is 334 g/mol. The number of hydrogen-bond donors (Lipinski definition) is 1. The molecule has 1 aromatic rings. The van der Waals surface area contributed by atoms with Crippen LogP contribution in [-0.4, -0.2) is 51.6 Å². The number of nitrogens with zero attached hydrogens (tertiary/aromatic N) is 2. The van der Waals surface area contributed by atoms with Crippen molar-refractivity contribution in [2.24, 2.45) is 4.99 Å². The number of carboxylic acid groups (broad SMARTS) is 1.